The van der Waals surface area contributed by atoms with Gasteiger partial charge in [0.2, 0.25) is 5.95 Å². The molecule has 0 bridgehead atoms. The van der Waals surface area contributed by atoms with E-state index in [9.17, 15) is 0 Å². The van der Waals surface area contributed by atoms with Gasteiger partial charge in [-0.3, -0.25) is 4.57 Å². The van der Waals surface area contributed by atoms with E-state index in [1.807, 2.05) is 12.1 Å². The van der Waals surface area contributed by atoms with Crippen LogP contribution in [0.25, 0.3) is 143 Å². The molecule has 0 N–H and O–H groups in total. The molecule has 0 aliphatic rings. The topological polar surface area (TPSA) is 61.2 Å². The lowest BCUT2D eigenvalue weighted by atomic mass is 9.96. The zero-order valence-electron chi connectivity index (χ0n) is 30.1. The first-order valence-electron chi connectivity index (χ1n) is 19.4. The monoisotopic (exact) mass is 723 g/mol. The van der Waals surface area contributed by atoms with Crippen molar-refractivity contribution in [3.05, 3.63) is 152 Å². The van der Waals surface area contributed by atoms with Gasteiger partial charge in [0.1, 0.15) is 11.2 Å². The Hall–Kier alpha value is -7.83. The van der Waals surface area contributed by atoms with Crippen molar-refractivity contribution in [1.29, 1.82) is 0 Å². The number of rotatable bonds is 3. The van der Waals surface area contributed by atoms with Gasteiger partial charge >= 0.3 is 0 Å². The molecule has 6 nitrogen and oxygen atoms in total. The zero-order valence-corrected chi connectivity index (χ0v) is 30.1. The van der Waals surface area contributed by atoms with Crippen molar-refractivity contribution in [1.82, 2.24) is 23.9 Å². The van der Waals surface area contributed by atoms with Crippen LogP contribution >= 0.6 is 0 Å². The van der Waals surface area contributed by atoms with Gasteiger partial charge in [0.15, 0.2) is 11.6 Å². The lowest BCUT2D eigenvalue weighted by Crippen LogP contribution is -2.06. The van der Waals surface area contributed by atoms with Crippen molar-refractivity contribution in [2.75, 3.05) is 0 Å². The van der Waals surface area contributed by atoms with E-state index in [1.165, 1.54) is 70.4 Å². The first-order valence-corrected chi connectivity index (χ1v) is 19.4. The minimum absolute atomic E-state index is 0.561. The maximum atomic E-state index is 6.59. The number of aromatic nitrogens is 5. The van der Waals surface area contributed by atoms with Gasteiger partial charge in [-0.05, 0) is 45.8 Å². The summed E-state index contributed by atoms with van der Waals surface area (Å²) in [5, 5.41) is 16.9. The smallest absolute Gasteiger partial charge is 0.238 e. The third-order valence-electron chi connectivity index (χ3n) is 12.8. The normalized spacial score (nSPS) is 12.9. The fraction of sp³-hybridized carbons (Fsp3) is 0. The maximum Gasteiger partial charge on any atom is 0.238 e. The van der Waals surface area contributed by atoms with Crippen LogP contribution in [0.15, 0.2) is 156 Å². The molecule has 0 saturated carbocycles. The van der Waals surface area contributed by atoms with Crippen molar-refractivity contribution in [3.8, 4) is 28.7 Å². The first kappa shape index (κ1) is 28.6. The van der Waals surface area contributed by atoms with E-state index >= 15 is 0 Å². The van der Waals surface area contributed by atoms with Gasteiger partial charge in [0.05, 0.1) is 33.1 Å². The molecule has 15 aromatic rings. The van der Waals surface area contributed by atoms with Crippen LogP contribution in [0.5, 0.6) is 0 Å². The van der Waals surface area contributed by atoms with Gasteiger partial charge in [-0.2, -0.15) is 9.97 Å². The Morgan fingerprint density at radius 3 is 1.84 bits per heavy atom. The number of para-hydroxylation sites is 3. The van der Waals surface area contributed by atoms with Crippen LogP contribution in [0.2, 0.25) is 0 Å². The molecule has 0 saturated heterocycles. The second kappa shape index (κ2) is 9.69. The fourth-order valence-electron chi connectivity index (χ4n) is 10.5. The van der Waals surface area contributed by atoms with E-state index in [0.29, 0.717) is 17.6 Å². The number of furan rings is 1. The van der Waals surface area contributed by atoms with E-state index < -0.39 is 0 Å². The number of hydrogen-bond donors (Lipinski definition) is 0. The Balaban J connectivity index is 1.14. The Kier molecular flexibility index (Phi) is 4.86. The molecule has 0 radical (unpaired) electrons. The summed E-state index contributed by atoms with van der Waals surface area (Å²) in [5.74, 6) is 1.73. The van der Waals surface area contributed by atoms with Crippen LogP contribution in [-0.2, 0) is 0 Å². The molecule has 0 fully saturated rings. The molecular formula is C51H25N5O. The third-order valence-corrected chi connectivity index (χ3v) is 12.8. The quantitative estimate of drug-likeness (QED) is 0.170. The Bertz CT molecular complexity index is 4160. The highest BCUT2D eigenvalue weighted by Gasteiger charge is 2.29. The Morgan fingerprint density at radius 1 is 0.368 bits per heavy atom. The lowest BCUT2D eigenvalue weighted by molar-refractivity contribution is 0.669. The SMILES string of the molecule is c1ccc2c(-c3nc(-c4cccc5c4oc4ccccc45)nc(-n4c5ccc6ccc7ccc8c9cccc%10c%11ccc4c4c5c6c7c8n(c9%10)c%114)n3)cccc2c1. The van der Waals surface area contributed by atoms with E-state index in [4.69, 9.17) is 19.4 Å². The van der Waals surface area contributed by atoms with Crippen LogP contribution in [0.4, 0.5) is 0 Å². The maximum absolute atomic E-state index is 6.59. The molecule has 6 aromatic heterocycles. The van der Waals surface area contributed by atoms with Gasteiger partial charge in [0.25, 0.3) is 0 Å². The highest BCUT2D eigenvalue weighted by Crippen LogP contribution is 2.51. The summed E-state index contributed by atoms with van der Waals surface area (Å²) in [6.07, 6.45) is 0. The average Bonchev–Trinajstić information content (AvgIpc) is 3.99. The van der Waals surface area contributed by atoms with E-state index in [2.05, 4.69) is 148 Å². The molecule has 9 aromatic carbocycles. The van der Waals surface area contributed by atoms with Gasteiger partial charge in [-0.15, -0.1) is 0 Å². The number of benzene rings is 9. The summed E-state index contributed by atoms with van der Waals surface area (Å²) >= 11 is 0. The minimum atomic E-state index is 0.561. The van der Waals surface area contributed by atoms with Crippen LogP contribution in [-0.4, -0.2) is 23.9 Å². The molecule has 0 aliphatic carbocycles. The van der Waals surface area contributed by atoms with E-state index in [-0.39, 0.29) is 0 Å². The average molecular weight is 724 g/mol. The van der Waals surface area contributed by atoms with E-state index in [0.717, 1.165) is 54.9 Å². The van der Waals surface area contributed by atoms with Gasteiger partial charge in [0, 0.05) is 59.4 Å². The molecule has 0 amide bonds. The zero-order chi connectivity index (χ0) is 36.7. The van der Waals surface area contributed by atoms with Crippen LogP contribution in [0.1, 0.15) is 0 Å². The van der Waals surface area contributed by atoms with Crippen LogP contribution in [0, 0.1) is 0 Å². The summed E-state index contributed by atoms with van der Waals surface area (Å²) in [7, 11) is 0. The van der Waals surface area contributed by atoms with Crippen molar-refractivity contribution in [2.45, 2.75) is 0 Å². The first-order chi connectivity index (χ1) is 28.3. The molecule has 57 heavy (non-hydrogen) atoms. The lowest BCUT2D eigenvalue weighted by Gasteiger charge is -2.13. The number of hydrogen-bond acceptors (Lipinski definition) is 4. The van der Waals surface area contributed by atoms with Crippen LogP contribution < -0.4 is 0 Å². The fourth-order valence-corrected chi connectivity index (χ4v) is 10.5. The summed E-state index contributed by atoms with van der Waals surface area (Å²) in [5.41, 5.74) is 9.32. The summed E-state index contributed by atoms with van der Waals surface area (Å²) in [6, 6.07) is 54.3. The third kappa shape index (κ3) is 3.31. The summed E-state index contributed by atoms with van der Waals surface area (Å²) < 4.78 is 11.4. The molecule has 260 valence electrons. The Morgan fingerprint density at radius 2 is 0.947 bits per heavy atom. The van der Waals surface area contributed by atoms with Crippen LogP contribution in [0.3, 0.4) is 0 Å². The molecular weight excluding hydrogens is 699 g/mol. The minimum Gasteiger partial charge on any atom is -0.455 e. The molecule has 15 rings (SSSR count). The molecule has 0 aliphatic heterocycles. The summed E-state index contributed by atoms with van der Waals surface area (Å²) in [6.45, 7) is 0. The number of fused-ring (bicyclic) bond motifs is 6. The molecule has 0 unspecified atom stereocenters. The predicted molar refractivity (Wildman–Crippen MR) is 233 cm³/mol. The predicted octanol–water partition coefficient (Wildman–Crippen LogP) is 13.1. The van der Waals surface area contributed by atoms with Crippen molar-refractivity contribution in [2.24, 2.45) is 0 Å². The largest absolute Gasteiger partial charge is 0.455 e. The van der Waals surface area contributed by atoms with Crippen molar-refractivity contribution in [3.63, 3.8) is 0 Å². The second-order valence-corrected chi connectivity index (χ2v) is 15.5. The molecule has 6 heterocycles. The van der Waals surface area contributed by atoms with Gasteiger partial charge in [-0.1, -0.05) is 127 Å². The standard InChI is InChI=1S/C51H25N5O/c1-2-10-29-26(8-1)9-5-15-36(29)49-52-50(37-16-7-14-35-30-11-3-4-17-40(30)57-48(35)37)54-51(53-49)55-38-24-21-27-18-19-28-20-22-33-31-12-6-13-32-34-23-25-39(55)44-43(38)41(27)42(28)46(33)56(45(31)32)47(34)44/h1-25H. The van der Waals surface area contributed by atoms with E-state index in [1.54, 1.807) is 0 Å². The Labute approximate surface area is 321 Å². The number of nitrogens with zero attached hydrogens (tertiary/aromatic N) is 5. The second-order valence-electron chi connectivity index (χ2n) is 15.5. The highest BCUT2D eigenvalue weighted by atomic mass is 16.3. The highest BCUT2D eigenvalue weighted by molar-refractivity contribution is 6.41. The molecule has 0 atom stereocenters. The molecule has 6 heteroatoms. The van der Waals surface area contributed by atoms with Gasteiger partial charge in [-0.25, -0.2) is 4.98 Å². The van der Waals surface area contributed by atoms with Crippen molar-refractivity contribution >= 4 is 114 Å². The van der Waals surface area contributed by atoms with Gasteiger partial charge < -0.3 is 8.82 Å². The molecule has 0 spiro atoms. The summed E-state index contributed by atoms with van der Waals surface area (Å²) in [4.78, 5) is 16.2. The van der Waals surface area contributed by atoms with Crippen molar-refractivity contribution < 1.29 is 4.42 Å².